The van der Waals surface area contributed by atoms with E-state index in [1.165, 1.54) is 13.8 Å². The first-order chi connectivity index (χ1) is 13.0. The number of carboxylic acids is 1. The Kier molecular flexibility index (Phi) is 5.66. The van der Waals surface area contributed by atoms with Crippen LogP contribution < -0.4 is 4.72 Å². The molecule has 0 bridgehead atoms. The first kappa shape index (κ1) is 21.9. The number of hydrogen-bond donors (Lipinski definition) is 2. The molecular formula is C20H24ClFN2O4S. The fourth-order valence-corrected chi connectivity index (χ4v) is 5.47. The van der Waals surface area contributed by atoms with Gasteiger partial charge in [-0.1, -0.05) is 0 Å². The number of rotatable bonds is 6. The van der Waals surface area contributed by atoms with Crippen LogP contribution in [0.2, 0.25) is 0 Å². The molecule has 158 valence electrons. The summed E-state index contributed by atoms with van der Waals surface area (Å²) in [6.07, 6.45) is 4.15. The lowest BCUT2D eigenvalue weighted by molar-refractivity contribution is -0.141. The van der Waals surface area contributed by atoms with Crippen molar-refractivity contribution >= 4 is 39.2 Å². The highest BCUT2D eigenvalue weighted by Gasteiger charge is 2.35. The van der Waals surface area contributed by atoms with Crippen LogP contribution in [0.3, 0.4) is 0 Å². The van der Waals surface area contributed by atoms with Crippen molar-refractivity contribution in [2.24, 2.45) is 5.92 Å². The van der Waals surface area contributed by atoms with E-state index in [-0.39, 0.29) is 36.7 Å². The van der Waals surface area contributed by atoms with E-state index in [0.29, 0.717) is 27.8 Å². The van der Waals surface area contributed by atoms with Crippen molar-refractivity contribution in [2.45, 2.75) is 56.0 Å². The number of nitrogens with zero attached hydrogens (tertiary/aromatic N) is 1. The van der Waals surface area contributed by atoms with Gasteiger partial charge in [0, 0.05) is 35.1 Å². The van der Waals surface area contributed by atoms with Gasteiger partial charge in [-0.05, 0) is 62.8 Å². The lowest BCUT2D eigenvalue weighted by atomic mass is 10.0. The highest BCUT2D eigenvalue weighted by Crippen LogP contribution is 2.42. The lowest BCUT2D eigenvalue weighted by Gasteiger charge is -2.18. The van der Waals surface area contributed by atoms with Gasteiger partial charge in [0.15, 0.2) is 0 Å². The fourth-order valence-electron chi connectivity index (χ4n) is 3.79. The molecule has 1 heterocycles. The minimum absolute atomic E-state index is 0. The van der Waals surface area contributed by atoms with Crippen LogP contribution in [0, 0.1) is 5.92 Å². The summed E-state index contributed by atoms with van der Waals surface area (Å²) in [4.78, 5) is 16.1. The molecule has 29 heavy (non-hydrogen) atoms. The van der Waals surface area contributed by atoms with E-state index in [0.717, 1.165) is 18.5 Å². The number of aromatic nitrogens is 1. The zero-order valence-corrected chi connectivity index (χ0v) is 17.9. The van der Waals surface area contributed by atoms with Gasteiger partial charge in [0.05, 0.1) is 10.8 Å². The van der Waals surface area contributed by atoms with Crippen molar-refractivity contribution < 1.29 is 22.7 Å². The Bertz CT molecular complexity index is 1080. The van der Waals surface area contributed by atoms with Gasteiger partial charge in [0.2, 0.25) is 10.0 Å². The Hall–Kier alpha value is -1.77. The third kappa shape index (κ3) is 4.39. The van der Waals surface area contributed by atoms with Crippen molar-refractivity contribution in [1.29, 1.82) is 0 Å². The van der Waals surface area contributed by atoms with Crippen molar-refractivity contribution in [3.05, 3.63) is 35.2 Å². The van der Waals surface area contributed by atoms with Crippen molar-refractivity contribution in [3.63, 3.8) is 0 Å². The topological polar surface area (TPSA) is 96.4 Å². The molecule has 1 aromatic carbocycles. The number of alkyl halides is 1. The lowest BCUT2D eigenvalue weighted by Crippen LogP contribution is -2.35. The van der Waals surface area contributed by atoms with Crippen LogP contribution in [0.1, 0.15) is 49.4 Å². The van der Waals surface area contributed by atoms with E-state index >= 15 is 0 Å². The van der Waals surface area contributed by atoms with Gasteiger partial charge >= 0.3 is 5.97 Å². The van der Waals surface area contributed by atoms with Gasteiger partial charge in [-0.2, -0.15) is 0 Å². The molecule has 1 aromatic heterocycles. The third-order valence-electron chi connectivity index (χ3n) is 5.40. The first-order valence-corrected chi connectivity index (χ1v) is 10.9. The van der Waals surface area contributed by atoms with E-state index < -0.39 is 27.6 Å². The van der Waals surface area contributed by atoms with Gasteiger partial charge in [-0.15, -0.1) is 12.4 Å². The molecule has 1 fully saturated rings. The minimum atomic E-state index is -4.03. The number of aliphatic carboxylic acids is 1. The van der Waals surface area contributed by atoms with E-state index in [2.05, 4.69) is 9.71 Å². The third-order valence-corrected chi connectivity index (χ3v) is 6.93. The number of halogens is 2. The summed E-state index contributed by atoms with van der Waals surface area (Å²) in [6, 6.07) is 3.64. The molecule has 2 aliphatic carbocycles. The average molecular weight is 443 g/mol. The van der Waals surface area contributed by atoms with E-state index in [4.69, 9.17) is 0 Å². The minimum Gasteiger partial charge on any atom is -0.481 e. The molecule has 6 nitrogen and oxygen atoms in total. The number of carboxylic acid groups (broad SMARTS) is 1. The second kappa shape index (κ2) is 7.49. The Morgan fingerprint density at radius 1 is 1.31 bits per heavy atom. The van der Waals surface area contributed by atoms with Crippen LogP contribution in [0.5, 0.6) is 0 Å². The Labute approximate surface area is 175 Å². The van der Waals surface area contributed by atoms with Crippen molar-refractivity contribution in [3.8, 4) is 0 Å². The Balaban J connectivity index is 0.00000240. The molecule has 1 unspecified atom stereocenters. The Morgan fingerprint density at radius 2 is 2.00 bits per heavy atom. The highest BCUT2D eigenvalue weighted by atomic mass is 35.5. The SMILES string of the molecule is CC(C)(F)CNS(=O)(=O)c1c2c(cc3cnc(C4CC4)cc13)CC(C(=O)O)C2.Cl. The standard InChI is InChI=1S/C20H23FN2O4S.ClH/c1-20(2,21)10-23-28(26,27)18-15-7-13(19(24)25)5-12(15)6-14-9-22-17(8-16(14)18)11-3-4-11;/h6,8-9,11,13,23H,3-5,7,10H2,1-2H3,(H,24,25);1H. The molecular weight excluding hydrogens is 419 g/mol. The summed E-state index contributed by atoms with van der Waals surface area (Å²) in [6.45, 7) is 2.25. The molecule has 0 spiro atoms. The predicted octanol–water partition coefficient (Wildman–Crippen LogP) is 3.36. The van der Waals surface area contributed by atoms with E-state index in [1.54, 1.807) is 12.3 Å². The van der Waals surface area contributed by atoms with Crippen LogP contribution in [0.25, 0.3) is 10.8 Å². The van der Waals surface area contributed by atoms with Crippen molar-refractivity contribution in [1.82, 2.24) is 9.71 Å². The summed E-state index contributed by atoms with van der Waals surface area (Å²) >= 11 is 0. The average Bonchev–Trinajstić information content (AvgIpc) is 3.36. The molecule has 4 rings (SSSR count). The Morgan fingerprint density at radius 3 is 2.59 bits per heavy atom. The smallest absolute Gasteiger partial charge is 0.307 e. The first-order valence-electron chi connectivity index (χ1n) is 9.41. The summed E-state index contributed by atoms with van der Waals surface area (Å²) in [7, 11) is -4.03. The maximum absolute atomic E-state index is 14.0. The van der Waals surface area contributed by atoms with Gasteiger partial charge in [-0.25, -0.2) is 17.5 Å². The fraction of sp³-hybridized carbons (Fsp3) is 0.500. The number of pyridine rings is 1. The largest absolute Gasteiger partial charge is 0.481 e. The summed E-state index contributed by atoms with van der Waals surface area (Å²) in [5, 5.41) is 10.6. The molecule has 0 aliphatic heterocycles. The molecule has 2 N–H and O–H groups in total. The molecule has 0 saturated heterocycles. The van der Waals surface area contributed by atoms with Crippen LogP contribution in [-0.4, -0.2) is 36.7 Å². The van der Waals surface area contributed by atoms with Crippen LogP contribution >= 0.6 is 12.4 Å². The molecule has 0 radical (unpaired) electrons. The zero-order valence-electron chi connectivity index (χ0n) is 16.2. The maximum atomic E-state index is 14.0. The predicted molar refractivity (Wildman–Crippen MR) is 110 cm³/mol. The summed E-state index contributed by atoms with van der Waals surface area (Å²) in [5.74, 6) is -1.26. The molecule has 0 amide bonds. The second-order valence-corrected chi connectivity index (χ2v) is 10.1. The van der Waals surface area contributed by atoms with Crippen LogP contribution in [0.15, 0.2) is 23.2 Å². The number of nitrogens with one attached hydrogen (secondary N) is 1. The highest BCUT2D eigenvalue weighted by molar-refractivity contribution is 7.89. The van der Waals surface area contributed by atoms with Crippen LogP contribution in [0.4, 0.5) is 4.39 Å². The number of sulfonamides is 1. The van der Waals surface area contributed by atoms with E-state index in [9.17, 15) is 22.7 Å². The van der Waals surface area contributed by atoms with Gasteiger partial charge in [-0.3, -0.25) is 9.78 Å². The van der Waals surface area contributed by atoms with Crippen LogP contribution in [-0.2, 0) is 27.7 Å². The maximum Gasteiger partial charge on any atom is 0.307 e. The molecule has 2 aliphatic rings. The number of carbonyl (C=O) groups is 1. The molecule has 2 aromatic rings. The molecule has 1 saturated carbocycles. The normalized spacial score (nSPS) is 19.1. The van der Waals surface area contributed by atoms with Gasteiger partial charge in [0.1, 0.15) is 5.67 Å². The number of fused-ring (bicyclic) bond motifs is 2. The monoisotopic (exact) mass is 442 g/mol. The molecule has 9 heteroatoms. The van der Waals surface area contributed by atoms with Gasteiger partial charge < -0.3 is 5.11 Å². The second-order valence-electron chi connectivity index (χ2n) is 8.43. The number of hydrogen-bond acceptors (Lipinski definition) is 4. The van der Waals surface area contributed by atoms with E-state index in [1.807, 2.05) is 6.07 Å². The van der Waals surface area contributed by atoms with Crippen molar-refractivity contribution in [2.75, 3.05) is 6.54 Å². The zero-order chi connectivity index (χ0) is 20.3. The van der Waals surface area contributed by atoms with Gasteiger partial charge in [0.25, 0.3) is 0 Å². The summed E-state index contributed by atoms with van der Waals surface area (Å²) in [5.41, 5.74) is 0.380. The summed E-state index contributed by atoms with van der Waals surface area (Å²) < 4.78 is 42.7. The molecule has 1 atom stereocenters. The number of benzene rings is 1. The quantitative estimate of drug-likeness (QED) is 0.715.